The van der Waals surface area contributed by atoms with E-state index in [0.717, 1.165) is 6.42 Å². The summed E-state index contributed by atoms with van der Waals surface area (Å²) in [6.45, 7) is 0. The second-order valence-corrected chi connectivity index (χ2v) is 1.77. The molecule has 0 aromatic rings. The molecule has 0 radical (unpaired) electrons. The number of hydrogen-bond acceptors (Lipinski definition) is 2. The molecule has 3 N–H and O–H groups in total. The molecule has 0 saturated heterocycles. The normalized spacial score (nSPS) is 19.3. The Kier molecular flexibility index (Phi) is 1.32. The second-order valence-electron chi connectivity index (χ2n) is 1.77. The highest BCUT2D eigenvalue weighted by atomic mass is 15.2. The first-order chi connectivity index (χ1) is 3.43. The van der Waals surface area contributed by atoms with Gasteiger partial charge in [-0.2, -0.15) is 0 Å². The van der Waals surface area contributed by atoms with Crippen molar-refractivity contribution in [3.05, 3.63) is 11.8 Å². The van der Waals surface area contributed by atoms with Crippen LogP contribution in [0.5, 0.6) is 0 Å². The number of allylic oxidation sites excluding steroid dienone is 2. The zero-order valence-corrected chi connectivity index (χ0v) is 4.28. The Morgan fingerprint density at radius 2 is 2.57 bits per heavy atom. The van der Waals surface area contributed by atoms with E-state index in [2.05, 4.69) is 11.5 Å². The highest BCUT2D eigenvalue weighted by Gasteiger charge is 1.99. The van der Waals surface area contributed by atoms with Crippen LogP contribution in [0, 0.1) is 0 Å². The van der Waals surface area contributed by atoms with Crippen molar-refractivity contribution in [1.82, 2.24) is 5.43 Å². The van der Waals surface area contributed by atoms with Crippen LogP contribution in [0.2, 0.25) is 0 Å². The second kappa shape index (κ2) is 1.98. The Balaban J connectivity index is 2.36. The lowest BCUT2D eigenvalue weighted by atomic mass is 10.3. The van der Waals surface area contributed by atoms with E-state index in [0.29, 0.717) is 0 Å². The van der Waals surface area contributed by atoms with Crippen molar-refractivity contribution in [1.29, 1.82) is 0 Å². The van der Waals surface area contributed by atoms with Crippen LogP contribution in [0.3, 0.4) is 0 Å². The Labute approximate surface area is 43.4 Å². The molecular weight excluding hydrogens is 88.1 g/mol. The van der Waals surface area contributed by atoms with E-state index in [9.17, 15) is 0 Å². The van der Waals surface area contributed by atoms with Gasteiger partial charge in [-0.3, -0.25) is 5.84 Å². The fourth-order valence-corrected chi connectivity index (χ4v) is 0.802. The van der Waals surface area contributed by atoms with Gasteiger partial charge >= 0.3 is 0 Å². The van der Waals surface area contributed by atoms with E-state index in [1.807, 2.05) is 0 Å². The lowest BCUT2D eigenvalue weighted by molar-refractivity contribution is 0.804. The van der Waals surface area contributed by atoms with Crippen LogP contribution < -0.4 is 11.3 Å². The summed E-state index contributed by atoms with van der Waals surface area (Å²) in [6, 6.07) is 0. The summed E-state index contributed by atoms with van der Waals surface area (Å²) in [5.41, 5.74) is 3.82. The molecule has 1 aliphatic carbocycles. The SMILES string of the molecule is NNC1=CCCC1. The average Bonchev–Trinajstić information content (AvgIpc) is 2.14. The molecule has 0 unspecified atom stereocenters. The first-order valence-corrected chi connectivity index (χ1v) is 2.59. The van der Waals surface area contributed by atoms with Gasteiger partial charge in [-0.1, -0.05) is 6.08 Å². The molecule has 0 heterocycles. The molecule has 0 atom stereocenters. The minimum atomic E-state index is 1.14. The van der Waals surface area contributed by atoms with Gasteiger partial charge in [-0.05, 0) is 19.3 Å². The predicted molar refractivity (Wildman–Crippen MR) is 29.3 cm³/mol. The van der Waals surface area contributed by atoms with E-state index < -0.39 is 0 Å². The van der Waals surface area contributed by atoms with Crippen molar-refractivity contribution in [3.8, 4) is 0 Å². The third-order valence-corrected chi connectivity index (χ3v) is 1.23. The fraction of sp³-hybridized carbons (Fsp3) is 0.600. The first-order valence-electron chi connectivity index (χ1n) is 2.59. The molecule has 0 spiro atoms. The molecule has 1 aliphatic rings. The van der Waals surface area contributed by atoms with Gasteiger partial charge in [0.25, 0.3) is 0 Å². The largest absolute Gasteiger partial charge is 0.329 e. The summed E-state index contributed by atoms with van der Waals surface area (Å²) in [4.78, 5) is 0. The average molecular weight is 98.1 g/mol. The predicted octanol–water partition coefficient (Wildman–Crippen LogP) is 0.518. The Morgan fingerprint density at radius 1 is 1.71 bits per heavy atom. The van der Waals surface area contributed by atoms with Crippen LogP contribution in [0.25, 0.3) is 0 Å². The fourth-order valence-electron chi connectivity index (χ4n) is 0.802. The summed E-state index contributed by atoms with van der Waals surface area (Å²) in [5, 5.41) is 0. The zero-order valence-electron chi connectivity index (χ0n) is 4.28. The van der Waals surface area contributed by atoms with Crippen LogP contribution in [0.4, 0.5) is 0 Å². The van der Waals surface area contributed by atoms with Gasteiger partial charge in [-0.25, -0.2) is 0 Å². The molecule has 1 rings (SSSR count). The van der Waals surface area contributed by atoms with Crippen LogP contribution in [-0.2, 0) is 0 Å². The van der Waals surface area contributed by atoms with Crippen LogP contribution >= 0.6 is 0 Å². The first kappa shape index (κ1) is 4.65. The molecule has 0 aliphatic heterocycles. The summed E-state index contributed by atoms with van der Waals surface area (Å²) < 4.78 is 0. The molecule has 2 nitrogen and oxygen atoms in total. The van der Waals surface area contributed by atoms with Gasteiger partial charge in [0, 0.05) is 5.70 Å². The molecule has 7 heavy (non-hydrogen) atoms. The van der Waals surface area contributed by atoms with Gasteiger partial charge < -0.3 is 5.43 Å². The zero-order chi connectivity index (χ0) is 5.11. The number of nitrogens with one attached hydrogen (secondary N) is 1. The molecule has 0 amide bonds. The van der Waals surface area contributed by atoms with Crippen molar-refractivity contribution in [2.45, 2.75) is 19.3 Å². The quantitative estimate of drug-likeness (QED) is 0.370. The van der Waals surface area contributed by atoms with E-state index >= 15 is 0 Å². The molecule has 0 aromatic carbocycles. The van der Waals surface area contributed by atoms with Gasteiger partial charge in [0.2, 0.25) is 0 Å². The Morgan fingerprint density at radius 3 is 2.86 bits per heavy atom. The van der Waals surface area contributed by atoms with Crippen LogP contribution in [0.15, 0.2) is 11.8 Å². The standard InChI is InChI=1S/C5H10N2/c6-7-5-3-1-2-4-5/h3,7H,1-2,4,6H2. The monoisotopic (exact) mass is 98.1 g/mol. The maximum atomic E-state index is 5.12. The van der Waals surface area contributed by atoms with E-state index in [-0.39, 0.29) is 0 Å². The minimum Gasteiger partial charge on any atom is -0.329 e. The molecular formula is C5H10N2. The minimum absolute atomic E-state index is 1.14. The van der Waals surface area contributed by atoms with E-state index in [1.165, 1.54) is 18.5 Å². The van der Waals surface area contributed by atoms with Crippen molar-refractivity contribution in [3.63, 3.8) is 0 Å². The Bertz CT molecular complexity index is 86.1. The molecule has 2 heteroatoms. The third kappa shape index (κ3) is 0.933. The smallest absolute Gasteiger partial charge is 0.0219 e. The van der Waals surface area contributed by atoms with Gasteiger partial charge in [-0.15, -0.1) is 0 Å². The summed E-state index contributed by atoms with van der Waals surface area (Å²) in [6.07, 6.45) is 5.73. The van der Waals surface area contributed by atoms with E-state index in [1.54, 1.807) is 0 Å². The van der Waals surface area contributed by atoms with Gasteiger partial charge in [0.05, 0.1) is 0 Å². The van der Waals surface area contributed by atoms with Crippen molar-refractivity contribution in [2.24, 2.45) is 5.84 Å². The molecule has 0 bridgehead atoms. The highest BCUT2D eigenvalue weighted by molar-refractivity contribution is 5.03. The number of hydrogen-bond donors (Lipinski definition) is 2. The van der Waals surface area contributed by atoms with Crippen molar-refractivity contribution >= 4 is 0 Å². The third-order valence-electron chi connectivity index (χ3n) is 1.23. The summed E-state index contributed by atoms with van der Waals surface area (Å²) >= 11 is 0. The summed E-state index contributed by atoms with van der Waals surface area (Å²) in [5.74, 6) is 5.12. The molecule has 0 saturated carbocycles. The maximum Gasteiger partial charge on any atom is 0.0219 e. The van der Waals surface area contributed by atoms with E-state index in [4.69, 9.17) is 5.84 Å². The lowest BCUT2D eigenvalue weighted by Gasteiger charge is -1.94. The number of rotatable bonds is 1. The molecule has 40 valence electrons. The summed E-state index contributed by atoms with van der Waals surface area (Å²) in [7, 11) is 0. The Hall–Kier alpha value is -0.500. The highest BCUT2D eigenvalue weighted by Crippen LogP contribution is 2.12. The number of nitrogens with two attached hydrogens (primary N) is 1. The lowest BCUT2D eigenvalue weighted by Crippen LogP contribution is -2.19. The van der Waals surface area contributed by atoms with Gasteiger partial charge in [0.15, 0.2) is 0 Å². The van der Waals surface area contributed by atoms with Crippen LogP contribution in [0.1, 0.15) is 19.3 Å². The van der Waals surface area contributed by atoms with Gasteiger partial charge in [0.1, 0.15) is 0 Å². The maximum absolute atomic E-state index is 5.12. The topological polar surface area (TPSA) is 38.0 Å². The van der Waals surface area contributed by atoms with Crippen molar-refractivity contribution in [2.75, 3.05) is 0 Å². The molecule has 0 fully saturated rings. The van der Waals surface area contributed by atoms with Crippen molar-refractivity contribution < 1.29 is 0 Å². The molecule has 0 aromatic heterocycles. The number of hydrazine groups is 1. The van der Waals surface area contributed by atoms with Crippen LogP contribution in [-0.4, -0.2) is 0 Å².